The molecule has 0 bridgehead atoms. The van der Waals surface area contributed by atoms with Crippen LogP contribution in [-0.4, -0.2) is 24.3 Å². The van der Waals surface area contributed by atoms with Crippen molar-refractivity contribution in [3.63, 3.8) is 0 Å². The van der Waals surface area contributed by atoms with Crippen LogP contribution in [0.15, 0.2) is 94.6 Å². The lowest BCUT2D eigenvalue weighted by Crippen LogP contribution is -2.15. The molecule has 0 fully saturated rings. The van der Waals surface area contributed by atoms with Gasteiger partial charge < -0.3 is 9.73 Å². The third-order valence-electron chi connectivity index (χ3n) is 4.95. The van der Waals surface area contributed by atoms with Crippen molar-refractivity contribution in [2.75, 3.05) is 5.32 Å². The summed E-state index contributed by atoms with van der Waals surface area (Å²) < 4.78 is 31.7. The van der Waals surface area contributed by atoms with Gasteiger partial charge in [0.05, 0.1) is 27.1 Å². The molecule has 0 radical (unpaired) electrons. The minimum Gasteiger partial charge on any atom is -0.459 e. The largest absolute Gasteiger partial charge is 0.459 e. The number of hydrogen-bond acceptors (Lipinski definition) is 7. The van der Waals surface area contributed by atoms with Gasteiger partial charge in [0.15, 0.2) is 15.6 Å². The molecule has 0 spiro atoms. The average molecular weight is 476 g/mol. The van der Waals surface area contributed by atoms with Crippen molar-refractivity contribution in [3.05, 3.63) is 96.6 Å². The summed E-state index contributed by atoms with van der Waals surface area (Å²) in [6.45, 7) is 0. The summed E-state index contributed by atoms with van der Waals surface area (Å²) in [5, 5.41) is 3.49. The number of nitrogens with one attached hydrogen (secondary N) is 1. The van der Waals surface area contributed by atoms with E-state index in [4.69, 9.17) is 4.42 Å². The van der Waals surface area contributed by atoms with Crippen LogP contribution in [-0.2, 0) is 15.6 Å². The van der Waals surface area contributed by atoms with E-state index in [0.717, 1.165) is 20.8 Å². The minimum absolute atomic E-state index is 0.0634. The second-order valence-corrected chi connectivity index (χ2v) is 10.2. The Labute approximate surface area is 193 Å². The summed E-state index contributed by atoms with van der Waals surface area (Å²) in [7, 11) is -3.62. The predicted octanol–water partition coefficient (Wildman–Crippen LogP) is 5.18. The standard InChI is InChI=1S/C24H17N3O4S2/c28-23(22-17(12-13-31-22)15-33(29,30)18-6-2-1-3-7-18)27-21-11-10-16(14-25-21)24-26-19-8-4-5-9-20(19)32-24/h1-14H,15H2,(H,25,27,28). The van der Waals surface area contributed by atoms with Gasteiger partial charge in [0, 0.05) is 17.3 Å². The molecule has 5 rings (SSSR count). The van der Waals surface area contributed by atoms with E-state index >= 15 is 0 Å². The Morgan fingerprint density at radius 2 is 1.76 bits per heavy atom. The van der Waals surface area contributed by atoms with Crippen molar-refractivity contribution < 1.29 is 17.6 Å². The molecule has 0 atom stereocenters. The molecule has 1 N–H and O–H groups in total. The second-order valence-electron chi connectivity index (χ2n) is 7.22. The van der Waals surface area contributed by atoms with Crippen LogP contribution in [0.2, 0.25) is 0 Å². The second kappa shape index (κ2) is 8.61. The number of nitrogens with zero attached hydrogens (tertiary/aromatic N) is 2. The Bertz CT molecular complexity index is 1510. The van der Waals surface area contributed by atoms with E-state index in [0.29, 0.717) is 5.82 Å². The van der Waals surface area contributed by atoms with Crippen molar-refractivity contribution in [1.82, 2.24) is 9.97 Å². The molecule has 164 valence electrons. The summed E-state index contributed by atoms with van der Waals surface area (Å²) in [5.74, 6) is -0.663. The number of carbonyl (C=O) groups excluding carboxylic acids is 1. The van der Waals surface area contributed by atoms with Gasteiger partial charge in [-0.05, 0) is 42.5 Å². The SMILES string of the molecule is O=C(Nc1ccc(-c2nc3ccccc3s2)cn1)c1occc1CS(=O)(=O)c1ccccc1. The lowest BCUT2D eigenvalue weighted by molar-refractivity contribution is 0.0995. The number of hydrogen-bond donors (Lipinski definition) is 1. The predicted molar refractivity (Wildman–Crippen MR) is 127 cm³/mol. The number of furan rings is 1. The van der Waals surface area contributed by atoms with Crippen LogP contribution in [0.3, 0.4) is 0 Å². The van der Waals surface area contributed by atoms with Crippen LogP contribution in [0.25, 0.3) is 20.8 Å². The summed E-state index contributed by atoms with van der Waals surface area (Å²) in [6, 6.07) is 20.9. The normalized spacial score (nSPS) is 11.5. The number of carbonyl (C=O) groups is 1. The molecular formula is C24H17N3O4S2. The lowest BCUT2D eigenvalue weighted by Gasteiger charge is -2.06. The number of anilines is 1. The summed E-state index contributed by atoms with van der Waals surface area (Å²) in [6.07, 6.45) is 2.94. The number of aromatic nitrogens is 2. The minimum atomic E-state index is -3.62. The maximum absolute atomic E-state index is 12.7. The van der Waals surface area contributed by atoms with Crippen LogP contribution in [0, 0.1) is 0 Å². The molecule has 3 aromatic heterocycles. The Kier molecular flexibility index (Phi) is 5.49. The highest BCUT2D eigenvalue weighted by molar-refractivity contribution is 7.90. The van der Waals surface area contributed by atoms with Gasteiger partial charge in [0.2, 0.25) is 0 Å². The van der Waals surface area contributed by atoms with E-state index in [2.05, 4.69) is 15.3 Å². The Hall–Kier alpha value is -3.82. The van der Waals surface area contributed by atoms with Gasteiger partial charge in [-0.25, -0.2) is 18.4 Å². The fourth-order valence-corrected chi connectivity index (χ4v) is 5.66. The van der Waals surface area contributed by atoms with Gasteiger partial charge in [-0.2, -0.15) is 0 Å². The monoisotopic (exact) mass is 475 g/mol. The first kappa shape index (κ1) is 21.0. The first-order valence-corrected chi connectivity index (χ1v) is 12.4. The molecule has 0 aliphatic heterocycles. The molecule has 1 amide bonds. The van der Waals surface area contributed by atoms with Crippen molar-refractivity contribution in [2.24, 2.45) is 0 Å². The molecule has 0 aliphatic rings. The maximum atomic E-state index is 12.7. The molecule has 0 unspecified atom stereocenters. The number of sulfone groups is 1. The van der Waals surface area contributed by atoms with Crippen LogP contribution in [0.5, 0.6) is 0 Å². The average Bonchev–Trinajstić information content (AvgIpc) is 3.47. The number of para-hydroxylation sites is 1. The number of amides is 1. The Morgan fingerprint density at radius 1 is 0.970 bits per heavy atom. The quantitative estimate of drug-likeness (QED) is 0.363. The van der Waals surface area contributed by atoms with E-state index in [1.165, 1.54) is 24.5 Å². The van der Waals surface area contributed by atoms with Gasteiger partial charge in [0.25, 0.3) is 5.91 Å². The fourth-order valence-electron chi connectivity index (χ4n) is 3.33. The highest BCUT2D eigenvalue weighted by Crippen LogP contribution is 2.30. The fraction of sp³-hybridized carbons (Fsp3) is 0.0417. The van der Waals surface area contributed by atoms with Crippen molar-refractivity contribution >= 4 is 43.1 Å². The van der Waals surface area contributed by atoms with Crippen LogP contribution < -0.4 is 5.32 Å². The van der Waals surface area contributed by atoms with Crippen molar-refractivity contribution in [2.45, 2.75) is 10.6 Å². The molecule has 0 saturated heterocycles. The highest BCUT2D eigenvalue weighted by Gasteiger charge is 2.22. The number of thiazole rings is 1. The van der Waals surface area contributed by atoms with Gasteiger partial charge in [-0.3, -0.25) is 4.79 Å². The van der Waals surface area contributed by atoms with E-state index in [9.17, 15) is 13.2 Å². The molecule has 0 aliphatic carbocycles. The van der Waals surface area contributed by atoms with Crippen LogP contribution in [0.1, 0.15) is 16.1 Å². The molecule has 5 aromatic rings. The first-order chi connectivity index (χ1) is 16.0. The molecular weight excluding hydrogens is 458 g/mol. The number of fused-ring (bicyclic) bond motifs is 1. The summed E-state index contributed by atoms with van der Waals surface area (Å²) in [5.41, 5.74) is 2.04. The third kappa shape index (κ3) is 4.41. The topological polar surface area (TPSA) is 102 Å². The number of pyridine rings is 1. The molecule has 7 nitrogen and oxygen atoms in total. The lowest BCUT2D eigenvalue weighted by atomic mass is 10.2. The van der Waals surface area contributed by atoms with Gasteiger partial charge in [0.1, 0.15) is 10.8 Å². The Balaban J connectivity index is 1.32. The zero-order valence-corrected chi connectivity index (χ0v) is 18.8. The van der Waals surface area contributed by atoms with E-state index < -0.39 is 15.7 Å². The number of benzene rings is 2. The summed E-state index contributed by atoms with van der Waals surface area (Å²) >= 11 is 1.56. The summed E-state index contributed by atoms with van der Waals surface area (Å²) in [4.78, 5) is 21.8. The highest BCUT2D eigenvalue weighted by atomic mass is 32.2. The Morgan fingerprint density at radius 3 is 2.52 bits per heavy atom. The van der Waals surface area contributed by atoms with E-state index in [1.54, 1.807) is 41.8 Å². The van der Waals surface area contributed by atoms with E-state index in [1.807, 2.05) is 30.3 Å². The molecule has 3 heterocycles. The van der Waals surface area contributed by atoms with Gasteiger partial charge in [-0.1, -0.05) is 30.3 Å². The van der Waals surface area contributed by atoms with Gasteiger partial charge >= 0.3 is 0 Å². The zero-order chi connectivity index (χ0) is 22.8. The molecule has 9 heteroatoms. The molecule has 0 saturated carbocycles. The molecule has 33 heavy (non-hydrogen) atoms. The smallest absolute Gasteiger partial charge is 0.292 e. The van der Waals surface area contributed by atoms with Crippen LogP contribution >= 0.6 is 11.3 Å². The van der Waals surface area contributed by atoms with Crippen LogP contribution in [0.4, 0.5) is 5.82 Å². The molecule has 2 aromatic carbocycles. The van der Waals surface area contributed by atoms with E-state index in [-0.39, 0.29) is 22.0 Å². The zero-order valence-electron chi connectivity index (χ0n) is 17.1. The third-order valence-corrected chi connectivity index (χ3v) is 7.71. The number of rotatable bonds is 6. The first-order valence-electron chi connectivity index (χ1n) is 9.97. The van der Waals surface area contributed by atoms with Gasteiger partial charge in [-0.15, -0.1) is 11.3 Å². The van der Waals surface area contributed by atoms with Crippen molar-refractivity contribution in [1.29, 1.82) is 0 Å². The maximum Gasteiger partial charge on any atom is 0.292 e. The van der Waals surface area contributed by atoms with Crippen molar-refractivity contribution in [3.8, 4) is 10.6 Å².